The number of nitrogens with two attached hydrogens (primary N) is 1. The summed E-state index contributed by atoms with van der Waals surface area (Å²) in [4.78, 5) is 15.5. The van der Waals surface area contributed by atoms with Crippen LogP contribution in [0.15, 0.2) is 9.72 Å². The maximum atomic E-state index is 12.7. The second-order valence-electron chi connectivity index (χ2n) is 5.59. The average molecular weight is 347 g/mol. The Morgan fingerprint density at radius 3 is 2.91 bits per heavy atom. The van der Waals surface area contributed by atoms with Crippen LogP contribution in [0.1, 0.15) is 43.1 Å². The van der Waals surface area contributed by atoms with Crippen LogP contribution in [0, 0.1) is 5.92 Å². The quantitative estimate of drug-likeness (QED) is 0.772. The Balaban J connectivity index is 2.35. The van der Waals surface area contributed by atoms with Gasteiger partial charge in [-0.3, -0.25) is 0 Å². The van der Waals surface area contributed by atoms with Gasteiger partial charge < -0.3 is 10.5 Å². The molecular weight excluding hydrogens is 326 g/mol. The topological polar surface area (TPSA) is 111 Å². The van der Waals surface area contributed by atoms with Gasteiger partial charge in [0.25, 0.3) is 10.0 Å². The third kappa shape index (κ3) is 3.17. The van der Waals surface area contributed by atoms with E-state index in [1.165, 1.54) is 12.6 Å². The van der Waals surface area contributed by atoms with Crippen molar-refractivity contribution < 1.29 is 17.9 Å². The van der Waals surface area contributed by atoms with E-state index in [-0.39, 0.29) is 22.4 Å². The molecule has 0 aliphatic heterocycles. The molecule has 2 rings (SSSR count). The van der Waals surface area contributed by atoms with Crippen LogP contribution in [0.5, 0.6) is 0 Å². The minimum atomic E-state index is -3.88. The number of nitrogens with one attached hydrogen (secondary N) is 1. The SMILES string of the molecule is COC(=O)c1ncsc1S(=O)(=O)NC1(CN)CCCCC1C. The summed E-state index contributed by atoms with van der Waals surface area (Å²) in [5.74, 6) is -0.629. The van der Waals surface area contributed by atoms with Crippen molar-refractivity contribution in [3.63, 3.8) is 0 Å². The molecule has 124 valence electrons. The number of ether oxygens (including phenoxy) is 1. The van der Waals surface area contributed by atoms with Crippen LogP contribution in [-0.4, -0.2) is 38.6 Å². The second-order valence-corrected chi connectivity index (χ2v) is 8.33. The standard InChI is InChI=1S/C13H21N3O4S2/c1-9-5-3-4-6-13(9,7-14)16-22(18,19)12-10(11(17)20-2)15-8-21-12/h8-9,16H,3-7,14H2,1-2H3. The van der Waals surface area contributed by atoms with Crippen LogP contribution in [0.25, 0.3) is 0 Å². The molecule has 7 nitrogen and oxygen atoms in total. The van der Waals surface area contributed by atoms with Gasteiger partial charge in [-0.05, 0) is 18.8 Å². The Morgan fingerprint density at radius 2 is 2.32 bits per heavy atom. The largest absolute Gasteiger partial charge is 0.464 e. The number of aromatic nitrogens is 1. The number of hydrogen-bond donors (Lipinski definition) is 2. The number of carbonyl (C=O) groups excluding carboxylic acids is 1. The maximum Gasteiger partial charge on any atom is 0.358 e. The van der Waals surface area contributed by atoms with Crippen LogP contribution in [0.4, 0.5) is 0 Å². The molecule has 1 aliphatic rings. The summed E-state index contributed by atoms with van der Waals surface area (Å²) in [6, 6.07) is 0. The van der Waals surface area contributed by atoms with E-state index in [1.807, 2.05) is 6.92 Å². The molecule has 0 amide bonds. The maximum absolute atomic E-state index is 12.7. The van der Waals surface area contributed by atoms with Crippen LogP contribution >= 0.6 is 11.3 Å². The fourth-order valence-corrected chi connectivity index (χ4v) is 5.55. The number of rotatable bonds is 5. The molecule has 2 unspecified atom stereocenters. The van der Waals surface area contributed by atoms with Crippen molar-refractivity contribution >= 4 is 27.3 Å². The Bertz CT molecular complexity index is 643. The highest BCUT2D eigenvalue weighted by atomic mass is 32.2. The molecule has 1 saturated carbocycles. The van der Waals surface area contributed by atoms with E-state index in [0.717, 1.165) is 30.6 Å². The summed E-state index contributed by atoms with van der Waals surface area (Å²) < 4.78 is 32.6. The van der Waals surface area contributed by atoms with Crippen LogP contribution in [0.2, 0.25) is 0 Å². The van der Waals surface area contributed by atoms with Gasteiger partial charge in [-0.1, -0.05) is 19.8 Å². The lowest BCUT2D eigenvalue weighted by Gasteiger charge is -2.42. The first-order valence-corrected chi connectivity index (χ1v) is 9.48. The van der Waals surface area contributed by atoms with Crippen molar-refractivity contribution in [2.75, 3.05) is 13.7 Å². The van der Waals surface area contributed by atoms with Gasteiger partial charge in [0.05, 0.1) is 12.6 Å². The zero-order valence-corrected chi connectivity index (χ0v) is 14.3. The van der Waals surface area contributed by atoms with Crippen molar-refractivity contribution in [3.8, 4) is 0 Å². The molecule has 1 fully saturated rings. The number of hydrogen-bond acceptors (Lipinski definition) is 7. The predicted molar refractivity (Wildman–Crippen MR) is 83.2 cm³/mol. The number of carbonyl (C=O) groups is 1. The first-order valence-electron chi connectivity index (χ1n) is 7.12. The first-order chi connectivity index (χ1) is 10.4. The molecular formula is C13H21N3O4S2. The Morgan fingerprint density at radius 1 is 1.59 bits per heavy atom. The summed E-state index contributed by atoms with van der Waals surface area (Å²) in [6.07, 6.45) is 3.61. The van der Waals surface area contributed by atoms with Crippen molar-refractivity contribution in [1.82, 2.24) is 9.71 Å². The number of thiazole rings is 1. The molecule has 9 heteroatoms. The lowest BCUT2D eigenvalue weighted by molar-refractivity contribution is 0.0590. The molecule has 1 aliphatic carbocycles. The number of sulfonamides is 1. The Hall–Kier alpha value is -1.03. The minimum absolute atomic E-state index is 0.120. The van der Waals surface area contributed by atoms with E-state index >= 15 is 0 Å². The number of nitrogens with zero attached hydrogens (tertiary/aromatic N) is 1. The molecule has 2 atom stereocenters. The van der Waals surface area contributed by atoms with E-state index < -0.39 is 21.5 Å². The fraction of sp³-hybridized carbons (Fsp3) is 0.692. The van der Waals surface area contributed by atoms with Crippen molar-refractivity contribution in [3.05, 3.63) is 11.2 Å². The molecule has 0 bridgehead atoms. The van der Waals surface area contributed by atoms with Crippen molar-refractivity contribution in [2.24, 2.45) is 11.7 Å². The minimum Gasteiger partial charge on any atom is -0.464 e. The summed E-state index contributed by atoms with van der Waals surface area (Å²) in [5.41, 5.74) is 6.35. The first kappa shape index (κ1) is 17.3. The van der Waals surface area contributed by atoms with Gasteiger partial charge in [-0.2, -0.15) is 0 Å². The van der Waals surface area contributed by atoms with E-state index in [0.29, 0.717) is 6.42 Å². The molecule has 0 saturated heterocycles. The van der Waals surface area contributed by atoms with E-state index in [2.05, 4.69) is 14.4 Å². The Kier molecular flexibility index (Phi) is 5.21. The van der Waals surface area contributed by atoms with Gasteiger partial charge in [0.2, 0.25) is 0 Å². The van der Waals surface area contributed by atoms with Gasteiger partial charge in [-0.25, -0.2) is 22.9 Å². The second kappa shape index (κ2) is 6.61. The van der Waals surface area contributed by atoms with E-state index in [9.17, 15) is 13.2 Å². The molecule has 0 aromatic carbocycles. The summed E-state index contributed by atoms with van der Waals surface area (Å²) in [7, 11) is -2.69. The molecule has 1 aromatic heterocycles. The predicted octanol–water partition coefficient (Wildman–Crippen LogP) is 1.12. The van der Waals surface area contributed by atoms with Crippen LogP contribution in [0.3, 0.4) is 0 Å². The van der Waals surface area contributed by atoms with Crippen molar-refractivity contribution in [1.29, 1.82) is 0 Å². The highest BCUT2D eigenvalue weighted by Crippen LogP contribution is 2.35. The summed E-state index contributed by atoms with van der Waals surface area (Å²) >= 11 is 0.896. The third-order valence-electron chi connectivity index (χ3n) is 4.31. The molecule has 22 heavy (non-hydrogen) atoms. The average Bonchev–Trinajstić information content (AvgIpc) is 2.99. The zero-order chi connectivity index (χ0) is 16.4. The molecule has 1 heterocycles. The van der Waals surface area contributed by atoms with Crippen LogP contribution in [-0.2, 0) is 14.8 Å². The van der Waals surface area contributed by atoms with Gasteiger partial charge in [-0.15, -0.1) is 11.3 Å². The zero-order valence-electron chi connectivity index (χ0n) is 12.7. The van der Waals surface area contributed by atoms with E-state index in [4.69, 9.17) is 5.73 Å². The highest BCUT2D eigenvalue weighted by molar-refractivity contribution is 7.91. The molecule has 0 radical (unpaired) electrons. The summed E-state index contributed by atoms with van der Waals surface area (Å²) in [5, 5.41) is 0. The number of esters is 1. The van der Waals surface area contributed by atoms with Gasteiger partial charge >= 0.3 is 5.97 Å². The van der Waals surface area contributed by atoms with Crippen molar-refractivity contribution in [2.45, 2.75) is 42.4 Å². The smallest absolute Gasteiger partial charge is 0.358 e. The van der Waals surface area contributed by atoms with Gasteiger partial charge in [0.1, 0.15) is 0 Å². The number of methoxy groups -OCH3 is 1. The van der Waals surface area contributed by atoms with E-state index in [1.54, 1.807) is 0 Å². The van der Waals surface area contributed by atoms with Gasteiger partial charge in [0.15, 0.2) is 9.90 Å². The fourth-order valence-electron chi connectivity index (χ4n) is 2.88. The molecule has 0 spiro atoms. The monoisotopic (exact) mass is 347 g/mol. The molecule has 1 aromatic rings. The highest BCUT2D eigenvalue weighted by Gasteiger charge is 2.42. The van der Waals surface area contributed by atoms with Gasteiger partial charge in [0, 0.05) is 12.1 Å². The third-order valence-corrected chi connectivity index (χ3v) is 7.23. The lowest BCUT2D eigenvalue weighted by Crippen LogP contribution is -2.58. The van der Waals surface area contributed by atoms with Crippen LogP contribution < -0.4 is 10.5 Å². The Labute approximate surface area is 134 Å². The normalized spacial score (nSPS) is 25.9. The molecule has 3 N–H and O–H groups in total. The summed E-state index contributed by atoms with van der Waals surface area (Å²) in [6.45, 7) is 2.22. The lowest BCUT2D eigenvalue weighted by atomic mass is 9.74.